The van der Waals surface area contributed by atoms with E-state index in [0.717, 1.165) is 25.9 Å². The summed E-state index contributed by atoms with van der Waals surface area (Å²) in [7, 11) is 5.23. The molecule has 0 amide bonds. The first-order valence-corrected chi connectivity index (χ1v) is 14.5. The predicted octanol–water partition coefficient (Wildman–Crippen LogP) is 3.67. The molecule has 0 unspecified atom stereocenters. The van der Waals surface area contributed by atoms with Gasteiger partial charge in [-0.2, -0.15) is 10.4 Å². The summed E-state index contributed by atoms with van der Waals surface area (Å²) in [6.07, 6.45) is 6.86. The summed E-state index contributed by atoms with van der Waals surface area (Å²) in [5.41, 5.74) is 0.915. The van der Waals surface area contributed by atoms with E-state index >= 15 is 4.39 Å². The van der Waals surface area contributed by atoms with Crippen molar-refractivity contribution in [1.29, 1.82) is 5.26 Å². The van der Waals surface area contributed by atoms with Crippen molar-refractivity contribution in [3.63, 3.8) is 0 Å². The van der Waals surface area contributed by atoms with Crippen molar-refractivity contribution in [3.8, 4) is 23.1 Å². The largest absolute Gasteiger partial charge is 0.392 e. The van der Waals surface area contributed by atoms with Gasteiger partial charge in [-0.3, -0.25) is 19.1 Å². The molecule has 0 aliphatic carbocycles. The van der Waals surface area contributed by atoms with E-state index in [1.165, 1.54) is 40.3 Å². The number of nitriles is 1. The number of anilines is 1. The van der Waals surface area contributed by atoms with Crippen LogP contribution in [0.1, 0.15) is 37.8 Å². The minimum absolute atomic E-state index is 0.0925. The number of aliphatic imine (C=N–C) groups is 1. The SMILES string of the molecule is CN=C(/C=C1\CCCN(C)C1)Nc1cc(-c2ccnc(-n3ccc4cc(C(C)(C)C#N)cc(F)c4c3=O)c2CO)nn(C)c1=O. The van der Waals surface area contributed by atoms with E-state index in [4.69, 9.17) is 0 Å². The molecule has 1 fully saturated rings. The van der Waals surface area contributed by atoms with E-state index in [9.17, 15) is 20.0 Å². The van der Waals surface area contributed by atoms with Gasteiger partial charge < -0.3 is 15.3 Å². The number of nitrogens with zero attached hydrogens (tertiary/aromatic N) is 7. The summed E-state index contributed by atoms with van der Waals surface area (Å²) in [4.78, 5) is 37.6. The smallest absolute Gasteiger partial charge is 0.290 e. The molecule has 11 nitrogen and oxygen atoms in total. The molecule has 0 bridgehead atoms. The third-order valence-electron chi connectivity index (χ3n) is 8.07. The maximum atomic E-state index is 15.4. The lowest BCUT2D eigenvalue weighted by atomic mass is 9.85. The number of benzene rings is 1. The highest BCUT2D eigenvalue weighted by Crippen LogP contribution is 2.29. The molecule has 5 rings (SSSR count). The molecule has 4 aromatic rings. The maximum Gasteiger partial charge on any atom is 0.290 e. The number of aryl methyl sites for hydroxylation is 1. The molecule has 0 spiro atoms. The first-order valence-electron chi connectivity index (χ1n) is 14.5. The number of hydrogen-bond donors (Lipinski definition) is 2. The minimum Gasteiger partial charge on any atom is -0.392 e. The fourth-order valence-electron chi connectivity index (χ4n) is 5.52. The fraction of sp³-hybridized carbons (Fsp3) is 0.333. The van der Waals surface area contributed by atoms with E-state index in [-0.39, 0.29) is 28.0 Å². The standard InChI is InChI=1S/C33H35FN8O3/c1-33(2,19-35)22-14-21-9-12-42(32(45)29(21)25(34)15-22)30-24(18-43)23(8-10-37-30)26-16-27(31(44)41(5)39-26)38-28(36-3)13-20-7-6-11-40(4)17-20/h8-10,12-16,43H,6-7,11,17-18H2,1-5H3,(H,36,38)/b20-13+. The molecule has 12 heteroatoms. The van der Waals surface area contributed by atoms with Crippen molar-refractivity contribution in [1.82, 2.24) is 24.2 Å². The Morgan fingerprint density at radius 3 is 2.69 bits per heavy atom. The number of nitrogens with one attached hydrogen (secondary N) is 1. The number of aliphatic hydroxyl groups is 1. The van der Waals surface area contributed by atoms with Gasteiger partial charge in [0.2, 0.25) is 0 Å². The summed E-state index contributed by atoms with van der Waals surface area (Å²) < 4.78 is 17.7. The number of aliphatic hydroxyl groups excluding tert-OH is 1. The predicted molar refractivity (Wildman–Crippen MR) is 172 cm³/mol. The lowest BCUT2D eigenvalue weighted by Crippen LogP contribution is -2.29. The topological polar surface area (TPSA) is 141 Å². The van der Waals surface area contributed by atoms with Crippen LogP contribution in [0.2, 0.25) is 0 Å². The first-order chi connectivity index (χ1) is 21.5. The van der Waals surface area contributed by atoms with Gasteiger partial charge in [0.1, 0.15) is 23.2 Å². The fourth-order valence-corrected chi connectivity index (χ4v) is 5.52. The average molecular weight is 611 g/mol. The van der Waals surface area contributed by atoms with Crippen LogP contribution in [0.15, 0.2) is 69.0 Å². The molecular weight excluding hydrogens is 575 g/mol. The third-order valence-corrected chi connectivity index (χ3v) is 8.07. The summed E-state index contributed by atoms with van der Waals surface area (Å²) in [5, 5.41) is 27.8. The average Bonchev–Trinajstić information content (AvgIpc) is 3.02. The van der Waals surface area contributed by atoms with Crippen LogP contribution in [0.5, 0.6) is 0 Å². The number of fused-ring (bicyclic) bond motifs is 1. The molecule has 1 aliphatic heterocycles. The molecule has 45 heavy (non-hydrogen) atoms. The molecule has 1 saturated heterocycles. The van der Waals surface area contributed by atoms with Crippen LogP contribution in [-0.2, 0) is 19.1 Å². The summed E-state index contributed by atoms with van der Waals surface area (Å²) >= 11 is 0. The van der Waals surface area contributed by atoms with Crippen LogP contribution < -0.4 is 16.4 Å². The zero-order valence-corrected chi connectivity index (χ0v) is 25.9. The zero-order valence-electron chi connectivity index (χ0n) is 25.9. The van der Waals surface area contributed by atoms with Crippen LogP contribution >= 0.6 is 0 Å². The van der Waals surface area contributed by atoms with Gasteiger partial charge in [0.15, 0.2) is 0 Å². The van der Waals surface area contributed by atoms with Crippen LogP contribution in [0.25, 0.3) is 27.8 Å². The van der Waals surface area contributed by atoms with Crippen molar-refractivity contribution >= 4 is 22.3 Å². The Morgan fingerprint density at radius 2 is 2.00 bits per heavy atom. The second kappa shape index (κ2) is 12.6. The number of likely N-dealkylation sites (N-methyl/N-ethyl adjacent to an activating group) is 1. The molecule has 2 N–H and O–H groups in total. The third kappa shape index (κ3) is 6.18. The quantitative estimate of drug-likeness (QED) is 0.249. The maximum absolute atomic E-state index is 15.4. The highest BCUT2D eigenvalue weighted by Gasteiger charge is 2.24. The van der Waals surface area contributed by atoms with E-state index in [2.05, 4.69) is 38.4 Å². The highest BCUT2D eigenvalue weighted by molar-refractivity contribution is 6.04. The van der Waals surface area contributed by atoms with Gasteiger partial charge in [-0.15, -0.1) is 0 Å². The van der Waals surface area contributed by atoms with Crippen molar-refractivity contribution in [2.75, 3.05) is 32.5 Å². The molecule has 4 heterocycles. The Labute approximate surface area is 259 Å². The van der Waals surface area contributed by atoms with Gasteiger partial charge in [0, 0.05) is 44.2 Å². The van der Waals surface area contributed by atoms with Gasteiger partial charge in [0.05, 0.1) is 29.2 Å². The Morgan fingerprint density at radius 1 is 1.22 bits per heavy atom. The van der Waals surface area contributed by atoms with Gasteiger partial charge >= 0.3 is 0 Å². The second-order valence-electron chi connectivity index (χ2n) is 11.7. The monoisotopic (exact) mass is 610 g/mol. The lowest BCUT2D eigenvalue weighted by Gasteiger charge is -2.24. The number of pyridine rings is 2. The van der Waals surface area contributed by atoms with Crippen molar-refractivity contribution < 1.29 is 9.50 Å². The van der Waals surface area contributed by atoms with Crippen LogP contribution in [0.4, 0.5) is 10.1 Å². The Bertz CT molecular complexity index is 2020. The normalized spacial score (nSPS) is 15.4. The van der Waals surface area contributed by atoms with Crippen LogP contribution in [0, 0.1) is 17.1 Å². The molecular formula is C33H35FN8O3. The number of amidine groups is 1. The van der Waals surface area contributed by atoms with Crippen LogP contribution in [0.3, 0.4) is 0 Å². The molecule has 232 valence electrons. The summed E-state index contributed by atoms with van der Waals surface area (Å²) in [6.45, 7) is 4.68. The second-order valence-corrected chi connectivity index (χ2v) is 11.7. The highest BCUT2D eigenvalue weighted by atomic mass is 19.1. The number of halogens is 1. The van der Waals surface area contributed by atoms with Crippen molar-refractivity contribution in [3.05, 3.63) is 92.0 Å². The van der Waals surface area contributed by atoms with E-state index in [0.29, 0.717) is 28.0 Å². The Hall–Kier alpha value is -4.99. The number of rotatable bonds is 6. The number of aromatic nitrogens is 4. The van der Waals surface area contributed by atoms with Gasteiger partial charge in [-0.25, -0.2) is 14.1 Å². The van der Waals surface area contributed by atoms with E-state index < -0.39 is 23.4 Å². The number of piperidine rings is 1. The van der Waals surface area contributed by atoms with Crippen molar-refractivity contribution in [2.24, 2.45) is 12.0 Å². The van der Waals surface area contributed by atoms with Gasteiger partial charge in [-0.05, 0) is 87.6 Å². The summed E-state index contributed by atoms with van der Waals surface area (Å²) in [6, 6.07) is 9.75. The first kappa shape index (κ1) is 31.4. The lowest BCUT2D eigenvalue weighted by molar-refractivity contribution is 0.281. The van der Waals surface area contributed by atoms with Crippen molar-refractivity contribution in [2.45, 2.75) is 38.7 Å². The molecule has 1 aliphatic rings. The Balaban J connectivity index is 1.59. The van der Waals surface area contributed by atoms with Gasteiger partial charge in [0.25, 0.3) is 11.1 Å². The molecule has 1 aromatic carbocycles. The molecule has 0 saturated carbocycles. The molecule has 0 atom stereocenters. The number of hydrogen-bond acceptors (Lipinski definition) is 8. The Kier molecular flexibility index (Phi) is 8.77. The molecule has 3 aromatic heterocycles. The van der Waals surface area contributed by atoms with E-state index in [1.54, 1.807) is 45.2 Å². The summed E-state index contributed by atoms with van der Waals surface area (Å²) in [5.74, 6) is -0.140. The number of likely N-dealkylation sites (tertiary alicyclic amines) is 1. The molecule has 0 radical (unpaired) electrons. The zero-order chi connectivity index (χ0) is 32.5. The van der Waals surface area contributed by atoms with E-state index in [1.807, 2.05) is 6.08 Å². The minimum atomic E-state index is -0.951. The van der Waals surface area contributed by atoms with Gasteiger partial charge in [-0.1, -0.05) is 5.57 Å². The van der Waals surface area contributed by atoms with Crippen LogP contribution in [-0.4, -0.2) is 62.4 Å².